The van der Waals surface area contributed by atoms with E-state index >= 15 is 0 Å². The highest BCUT2D eigenvalue weighted by Gasteiger charge is 2.05. The quantitative estimate of drug-likeness (QED) is 0.916. The molecule has 0 bridgehead atoms. The van der Waals surface area contributed by atoms with Crippen LogP contribution >= 0.6 is 15.9 Å². The van der Waals surface area contributed by atoms with Crippen LogP contribution in [0, 0.1) is 0 Å². The molecule has 0 fully saturated rings. The molecule has 19 heavy (non-hydrogen) atoms. The van der Waals surface area contributed by atoms with Crippen LogP contribution in [0.3, 0.4) is 0 Å². The first-order valence-electron chi connectivity index (χ1n) is 5.97. The Morgan fingerprint density at radius 1 is 1.11 bits per heavy atom. The maximum atomic E-state index is 5.75. The molecule has 0 amide bonds. The third-order valence-electron chi connectivity index (χ3n) is 2.79. The Hall–Kier alpha value is -1.52. The van der Waals surface area contributed by atoms with Crippen LogP contribution < -0.4 is 15.2 Å². The van der Waals surface area contributed by atoms with Crippen molar-refractivity contribution in [2.45, 2.75) is 13.2 Å². The van der Waals surface area contributed by atoms with Gasteiger partial charge in [-0.3, -0.25) is 0 Å². The fourth-order valence-corrected chi connectivity index (χ4v) is 2.03. The molecule has 0 aliphatic rings. The molecule has 3 nitrogen and oxygen atoms in total. The lowest BCUT2D eigenvalue weighted by Crippen LogP contribution is -2.02. The fourth-order valence-electron chi connectivity index (χ4n) is 1.76. The van der Waals surface area contributed by atoms with E-state index in [1.54, 1.807) is 7.11 Å². The first-order valence-corrected chi connectivity index (χ1v) is 6.76. The average molecular weight is 322 g/mol. The molecule has 0 aliphatic heterocycles. The predicted octanol–water partition coefficient (Wildman–Crippen LogP) is 3.50. The molecular formula is C15H16BrNO2. The minimum absolute atomic E-state index is 0.457. The zero-order chi connectivity index (χ0) is 13.7. The highest BCUT2D eigenvalue weighted by atomic mass is 79.9. The standard InChI is InChI=1S/C15H16BrNO2/c1-18-15-7-2-11(9-17)8-12(15)10-19-14-5-3-13(16)4-6-14/h2-8H,9-10,17H2,1H3. The fraction of sp³-hybridized carbons (Fsp3) is 0.200. The van der Waals surface area contributed by atoms with Gasteiger partial charge in [0, 0.05) is 16.6 Å². The number of halogens is 1. The number of benzene rings is 2. The van der Waals surface area contributed by atoms with Gasteiger partial charge in [-0.2, -0.15) is 0 Å². The summed E-state index contributed by atoms with van der Waals surface area (Å²) in [6.07, 6.45) is 0. The second-order valence-electron chi connectivity index (χ2n) is 4.09. The van der Waals surface area contributed by atoms with Gasteiger partial charge in [0.25, 0.3) is 0 Å². The van der Waals surface area contributed by atoms with Crippen molar-refractivity contribution in [2.24, 2.45) is 5.73 Å². The summed E-state index contributed by atoms with van der Waals surface area (Å²) in [6, 6.07) is 13.6. The summed E-state index contributed by atoms with van der Waals surface area (Å²) in [7, 11) is 1.65. The molecule has 2 rings (SSSR count). The SMILES string of the molecule is COc1ccc(CN)cc1COc1ccc(Br)cc1. The van der Waals surface area contributed by atoms with E-state index in [1.807, 2.05) is 42.5 Å². The summed E-state index contributed by atoms with van der Waals surface area (Å²) in [5, 5.41) is 0. The minimum Gasteiger partial charge on any atom is -0.496 e. The number of rotatable bonds is 5. The van der Waals surface area contributed by atoms with E-state index in [0.717, 1.165) is 27.1 Å². The van der Waals surface area contributed by atoms with Crippen molar-refractivity contribution in [1.82, 2.24) is 0 Å². The van der Waals surface area contributed by atoms with Gasteiger partial charge in [0.2, 0.25) is 0 Å². The molecule has 0 saturated carbocycles. The van der Waals surface area contributed by atoms with Crippen molar-refractivity contribution >= 4 is 15.9 Å². The van der Waals surface area contributed by atoms with Crippen LogP contribution in [-0.4, -0.2) is 7.11 Å². The molecule has 2 aromatic carbocycles. The third kappa shape index (κ3) is 3.72. The van der Waals surface area contributed by atoms with Crippen LogP contribution in [0.5, 0.6) is 11.5 Å². The molecule has 0 atom stereocenters. The van der Waals surface area contributed by atoms with E-state index in [-0.39, 0.29) is 0 Å². The van der Waals surface area contributed by atoms with E-state index in [4.69, 9.17) is 15.2 Å². The number of hydrogen-bond acceptors (Lipinski definition) is 3. The molecule has 2 N–H and O–H groups in total. The molecule has 0 heterocycles. The highest BCUT2D eigenvalue weighted by molar-refractivity contribution is 9.10. The van der Waals surface area contributed by atoms with Crippen LogP contribution in [0.15, 0.2) is 46.9 Å². The molecule has 0 saturated heterocycles. The Morgan fingerprint density at radius 2 is 1.84 bits per heavy atom. The average Bonchev–Trinajstić information content (AvgIpc) is 2.46. The lowest BCUT2D eigenvalue weighted by molar-refractivity contribution is 0.296. The number of ether oxygens (including phenoxy) is 2. The molecule has 0 spiro atoms. The largest absolute Gasteiger partial charge is 0.496 e. The Labute approximate surface area is 121 Å². The lowest BCUT2D eigenvalue weighted by Gasteiger charge is -2.11. The summed E-state index contributed by atoms with van der Waals surface area (Å²) >= 11 is 3.39. The predicted molar refractivity (Wildman–Crippen MR) is 79.4 cm³/mol. The van der Waals surface area contributed by atoms with Crippen LogP contribution in [0.1, 0.15) is 11.1 Å². The second kappa shape index (κ2) is 6.59. The molecule has 0 aliphatic carbocycles. The van der Waals surface area contributed by atoms with E-state index in [2.05, 4.69) is 15.9 Å². The smallest absolute Gasteiger partial charge is 0.125 e. The molecule has 0 aromatic heterocycles. The second-order valence-corrected chi connectivity index (χ2v) is 5.01. The van der Waals surface area contributed by atoms with E-state index < -0.39 is 0 Å². The van der Waals surface area contributed by atoms with E-state index in [0.29, 0.717) is 13.2 Å². The highest BCUT2D eigenvalue weighted by Crippen LogP contribution is 2.23. The van der Waals surface area contributed by atoms with Gasteiger partial charge >= 0.3 is 0 Å². The van der Waals surface area contributed by atoms with Gasteiger partial charge in [0.15, 0.2) is 0 Å². The van der Waals surface area contributed by atoms with E-state index in [9.17, 15) is 0 Å². The number of nitrogens with two attached hydrogens (primary N) is 1. The summed E-state index contributed by atoms with van der Waals surface area (Å²) in [6.45, 7) is 0.966. The van der Waals surface area contributed by atoms with Gasteiger partial charge in [0.1, 0.15) is 18.1 Å². The van der Waals surface area contributed by atoms with Crippen LogP contribution in [0.2, 0.25) is 0 Å². The molecular weight excluding hydrogens is 306 g/mol. The Kier molecular flexibility index (Phi) is 4.82. The third-order valence-corrected chi connectivity index (χ3v) is 3.32. The monoisotopic (exact) mass is 321 g/mol. The van der Waals surface area contributed by atoms with Crippen LogP contribution in [0.4, 0.5) is 0 Å². The first-order chi connectivity index (χ1) is 9.22. The van der Waals surface area contributed by atoms with Crippen molar-refractivity contribution in [3.05, 3.63) is 58.1 Å². The summed E-state index contributed by atoms with van der Waals surface area (Å²) in [4.78, 5) is 0. The normalized spacial score (nSPS) is 10.3. The number of hydrogen-bond donors (Lipinski definition) is 1. The first kappa shape index (κ1) is 13.9. The van der Waals surface area contributed by atoms with Crippen molar-refractivity contribution in [3.63, 3.8) is 0 Å². The van der Waals surface area contributed by atoms with Gasteiger partial charge in [0.05, 0.1) is 7.11 Å². The summed E-state index contributed by atoms with van der Waals surface area (Å²) in [5.74, 6) is 1.64. The maximum Gasteiger partial charge on any atom is 0.125 e. The van der Waals surface area contributed by atoms with Crippen molar-refractivity contribution in [1.29, 1.82) is 0 Å². The van der Waals surface area contributed by atoms with Crippen molar-refractivity contribution < 1.29 is 9.47 Å². The molecule has 0 unspecified atom stereocenters. The Bertz CT molecular complexity index is 540. The number of methoxy groups -OCH3 is 1. The zero-order valence-electron chi connectivity index (χ0n) is 10.7. The van der Waals surface area contributed by atoms with Gasteiger partial charge in [-0.25, -0.2) is 0 Å². The van der Waals surface area contributed by atoms with E-state index in [1.165, 1.54) is 0 Å². The summed E-state index contributed by atoms with van der Waals surface area (Å²) in [5.41, 5.74) is 7.71. The molecule has 2 aromatic rings. The molecule has 0 radical (unpaired) electrons. The van der Waals surface area contributed by atoms with Gasteiger partial charge in [-0.05, 0) is 42.0 Å². The molecule has 4 heteroatoms. The Balaban J connectivity index is 2.11. The maximum absolute atomic E-state index is 5.75. The van der Waals surface area contributed by atoms with Crippen LogP contribution in [0.25, 0.3) is 0 Å². The van der Waals surface area contributed by atoms with Crippen molar-refractivity contribution in [2.75, 3.05) is 7.11 Å². The van der Waals surface area contributed by atoms with Gasteiger partial charge in [-0.1, -0.05) is 22.0 Å². The minimum atomic E-state index is 0.457. The van der Waals surface area contributed by atoms with Crippen molar-refractivity contribution in [3.8, 4) is 11.5 Å². The van der Waals surface area contributed by atoms with Gasteiger partial charge in [-0.15, -0.1) is 0 Å². The summed E-state index contributed by atoms with van der Waals surface area (Å²) < 4.78 is 12.1. The lowest BCUT2D eigenvalue weighted by atomic mass is 10.1. The zero-order valence-corrected chi connectivity index (χ0v) is 12.3. The van der Waals surface area contributed by atoms with Crippen LogP contribution in [-0.2, 0) is 13.2 Å². The molecule has 100 valence electrons. The van der Waals surface area contributed by atoms with Gasteiger partial charge < -0.3 is 15.2 Å². The Morgan fingerprint density at radius 3 is 2.47 bits per heavy atom. The topological polar surface area (TPSA) is 44.5 Å².